The van der Waals surface area contributed by atoms with Crippen LogP contribution in [-0.4, -0.2) is 35.6 Å². The lowest BCUT2D eigenvalue weighted by Gasteiger charge is -2.08. The van der Waals surface area contributed by atoms with E-state index in [9.17, 15) is 0 Å². The monoisotopic (exact) mass is 387 g/mol. The maximum atomic E-state index is 4.54. The van der Waals surface area contributed by atoms with Gasteiger partial charge in [0.15, 0.2) is 5.96 Å². The fourth-order valence-electron chi connectivity index (χ4n) is 1.91. The van der Waals surface area contributed by atoms with E-state index in [4.69, 9.17) is 0 Å². The zero-order valence-electron chi connectivity index (χ0n) is 11.9. The molecule has 0 amide bonds. The van der Waals surface area contributed by atoms with E-state index in [2.05, 4.69) is 39.4 Å². The summed E-state index contributed by atoms with van der Waals surface area (Å²) in [5.41, 5.74) is 2.10. The molecule has 0 spiro atoms. The van der Waals surface area contributed by atoms with Gasteiger partial charge in [-0.25, -0.2) is 4.98 Å². The number of hydrogen-bond donors (Lipinski definition) is 3. The van der Waals surface area contributed by atoms with Gasteiger partial charge in [0.05, 0.1) is 11.0 Å². The predicted octanol–water partition coefficient (Wildman–Crippen LogP) is 2.30. The summed E-state index contributed by atoms with van der Waals surface area (Å²) in [7, 11) is 0. The van der Waals surface area contributed by atoms with Crippen molar-refractivity contribution in [2.75, 3.05) is 19.6 Å². The lowest BCUT2D eigenvalue weighted by Crippen LogP contribution is -2.37. The van der Waals surface area contributed by atoms with Crippen LogP contribution >= 0.6 is 24.0 Å². The Hall–Kier alpha value is -1.31. The Bertz CT molecular complexity index is 508. The van der Waals surface area contributed by atoms with Crippen molar-refractivity contribution in [2.24, 2.45) is 4.99 Å². The normalized spacial score (nSPS) is 9.90. The standard InChI is InChI=1S/C14H21N5.HI/c1-3-15-14(16-4-2)17-10-9-13-18-11-7-5-6-8-12(11)19-13;/h5-8H,3-4,9-10H2,1-2H3,(H,18,19)(H2,15,16,17);1H. The summed E-state index contributed by atoms with van der Waals surface area (Å²) in [4.78, 5) is 12.4. The van der Waals surface area contributed by atoms with E-state index in [1.54, 1.807) is 0 Å². The molecule has 0 fully saturated rings. The van der Waals surface area contributed by atoms with E-state index in [1.165, 1.54) is 0 Å². The smallest absolute Gasteiger partial charge is 0.191 e. The number of imidazole rings is 1. The van der Waals surface area contributed by atoms with Gasteiger partial charge in [-0.05, 0) is 26.0 Å². The molecule has 2 rings (SSSR count). The first kappa shape index (κ1) is 16.7. The van der Waals surface area contributed by atoms with Crippen molar-refractivity contribution < 1.29 is 0 Å². The van der Waals surface area contributed by atoms with Crippen molar-refractivity contribution in [3.63, 3.8) is 0 Å². The number of para-hydroxylation sites is 2. The molecule has 6 heteroatoms. The Morgan fingerprint density at radius 1 is 1.20 bits per heavy atom. The molecule has 1 aromatic carbocycles. The largest absolute Gasteiger partial charge is 0.357 e. The molecular formula is C14H22IN5. The minimum absolute atomic E-state index is 0. The number of halogens is 1. The Labute approximate surface area is 136 Å². The number of rotatable bonds is 5. The second-order valence-corrected chi connectivity index (χ2v) is 4.24. The second kappa shape index (κ2) is 8.78. The van der Waals surface area contributed by atoms with Crippen LogP contribution in [0.2, 0.25) is 0 Å². The average molecular weight is 387 g/mol. The van der Waals surface area contributed by atoms with Crippen LogP contribution < -0.4 is 10.6 Å². The fourth-order valence-corrected chi connectivity index (χ4v) is 1.91. The van der Waals surface area contributed by atoms with E-state index >= 15 is 0 Å². The lowest BCUT2D eigenvalue weighted by molar-refractivity contribution is 0.823. The molecule has 0 bridgehead atoms. The van der Waals surface area contributed by atoms with Gasteiger partial charge in [0.25, 0.3) is 0 Å². The number of aromatic nitrogens is 2. The van der Waals surface area contributed by atoms with Crippen molar-refractivity contribution in [3.05, 3.63) is 30.1 Å². The third kappa shape index (κ3) is 4.66. The first-order valence-electron chi connectivity index (χ1n) is 6.79. The van der Waals surface area contributed by atoms with Gasteiger partial charge in [-0.2, -0.15) is 0 Å². The number of benzene rings is 1. The van der Waals surface area contributed by atoms with E-state index in [-0.39, 0.29) is 24.0 Å². The number of H-pyrrole nitrogens is 1. The third-order valence-electron chi connectivity index (χ3n) is 2.75. The summed E-state index contributed by atoms with van der Waals surface area (Å²) in [5, 5.41) is 6.41. The van der Waals surface area contributed by atoms with Gasteiger partial charge in [0, 0.05) is 26.1 Å². The van der Waals surface area contributed by atoms with E-state index < -0.39 is 0 Å². The molecule has 2 aromatic rings. The summed E-state index contributed by atoms with van der Waals surface area (Å²) in [6.07, 6.45) is 0.814. The van der Waals surface area contributed by atoms with Gasteiger partial charge >= 0.3 is 0 Å². The molecule has 0 aliphatic carbocycles. The summed E-state index contributed by atoms with van der Waals surface area (Å²) >= 11 is 0. The van der Waals surface area contributed by atoms with Crippen LogP contribution in [0.4, 0.5) is 0 Å². The number of fused-ring (bicyclic) bond motifs is 1. The summed E-state index contributed by atoms with van der Waals surface area (Å²) in [6.45, 7) is 6.58. The highest BCUT2D eigenvalue weighted by molar-refractivity contribution is 14.0. The highest BCUT2D eigenvalue weighted by atomic mass is 127. The van der Waals surface area contributed by atoms with Gasteiger partial charge in [-0.3, -0.25) is 4.99 Å². The Kier molecular flexibility index (Phi) is 7.35. The minimum atomic E-state index is 0. The first-order chi connectivity index (χ1) is 9.33. The first-order valence-corrected chi connectivity index (χ1v) is 6.79. The molecule has 1 aromatic heterocycles. The van der Waals surface area contributed by atoms with Crippen molar-refractivity contribution in [1.82, 2.24) is 20.6 Å². The lowest BCUT2D eigenvalue weighted by atomic mass is 10.3. The van der Waals surface area contributed by atoms with Crippen LogP contribution in [0, 0.1) is 0 Å². The van der Waals surface area contributed by atoms with Gasteiger partial charge in [0.2, 0.25) is 0 Å². The predicted molar refractivity (Wildman–Crippen MR) is 94.9 cm³/mol. The Morgan fingerprint density at radius 3 is 2.55 bits per heavy atom. The summed E-state index contributed by atoms with van der Waals surface area (Å²) < 4.78 is 0. The fraction of sp³-hybridized carbons (Fsp3) is 0.429. The molecule has 0 aliphatic heterocycles. The molecule has 20 heavy (non-hydrogen) atoms. The topological polar surface area (TPSA) is 65.1 Å². The van der Waals surface area contributed by atoms with Crippen molar-refractivity contribution in [3.8, 4) is 0 Å². The SMILES string of the molecule is CCNC(=NCCc1nc2ccccc2[nH]1)NCC.I. The minimum Gasteiger partial charge on any atom is -0.357 e. The molecule has 0 atom stereocenters. The molecule has 0 aliphatic rings. The average Bonchev–Trinajstić information content (AvgIpc) is 2.82. The van der Waals surface area contributed by atoms with Crippen LogP contribution in [0.5, 0.6) is 0 Å². The highest BCUT2D eigenvalue weighted by Crippen LogP contribution is 2.10. The molecule has 3 N–H and O–H groups in total. The quantitative estimate of drug-likeness (QED) is 0.419. The zero-order chi connectivity index (χ0) is 13.5. The molecule has 110 valence electrons. The van der Waals surface area contributed by atoms with Gasteiger partial charge in [-0.15, -0.1) is 24.0 Å². The second-order valence-electron chi connectivity index (χ2n) is 4.24. The number of aliphatic imine (C=N–C) groups is 1. The Morgan fingerprint density at radius 2 is 1.90 bits per heavy atom. The van der Waals surface area contributed by atoms with E-state index in [1.807, 2.05) is 24.3 Å². The molecular weight excluding hydrogens is 365 g/mol. The molecule has 0 unspecified atom stereocenters. The van der Waals surface area contributed by atoms with Crippen LogP contribution in [0.25, 0.3) is 11.0 Å². The van der Waals surface area contributed by atoms with Crippen LogP contribution in [-0.2, 0) is 6.42 Å². The molecule has 1 heterocycles. The maximum absolute atomic E-state index is 4.54. The number of nitrogens with one attached hydrogen (secondary N) is 3. The van der Waals surface area contributed by atoms with E-state index in [0.29, 0.717) is 0 Å². The molecule has 0 saturated carbocycles. The van der Waals surface area contributed by atoms with Gasteiger partial charge in [-0.1, -0.05) is 12.1 Å². The van der Waals surface area contributed by atoms with E-state index in [0.717, 1.165) is 48.9 Å². The molecule has 0 saturated heterocycles. The number of nitrogens with zero attached hydrogens (tertiary/aromatic N) is 2. The van der Waals surface area contributed by atoms with Crippen molar-refractivity contribution >= 4 is 41.0 Å². The number of guanidine groups is 1. The molecule has 5 nitrogen and oxygen atoms in total. The highest BCUT2D eigenvalue weighted by Gasteiger charge is 2.01. The summed E-state index contributed by atoms with van der Waals surface area (Å²) in [5.74, 6) is 1.85. The Balaban J connectivity index is 0.00000200. The van der Waals surface area contributed by atoms with Gasteiger partial charge in [0.1, 0.15) is 5.82 Å². The van der Waals surface area contributed by atoms with Gasteiger partial charge < -0.3 is 15.6 Å². The third-order valence-corrected chi connectivity index (χ3v) is 2.75. The van der Waals surface area contributed by atoms with Crippen LogP contribution in [0.15, 0.2) is 29.3 Å². The van der Waals surface area contributed by atoms with Crippen molar-refractivity contribution in [1.29, 1.82) is 0 Å². The van der Waals surface area contributed by atoms with Crippen LogP contribution in [0.1, 0.15) is 19.7 Å². The summed E-state index contributed by atoms with van der Waals surface area (Å²) in [6, 6.07) is 8.07. The van der Waals surface area contributed by atoms with Crippen molar-refractivity contribution in [2.45, 2.75) is 20.3 Å². The van der Waals surface area contributed by atoms with Crippen LogP contribution in [0.3, 0.4) is 0 Å². The number of hydrogen-bond acceptors (Lipinski definition) is 2. The molecule has 0 radical (unpaired) electrons. The number of aromatic amines is 1. The zero-order valence-corrected chi connectivity index (χ0v) is 14.3. The maximum Gasteiger partial charge on any atom is 0.191 e.